The van der Waals surface area contributed by atoms with E-state index >= 15 is 0 Å². The van der Waals surface area contributed by atoms with Gasteiger partial charge in [0.05, 0.1) is 6.10 Å². The van der Waals surface area contributed by atoms with Gasteiger partial charge < -0.3 is 5.11 Å². The molecule has 6 heavy (non-hydrogen) atoms. The molecular formula is C4H11NaO. The molecule has 1 atom stereocenters. The van der Waals surface area contributed by atoms with Crippen molar-refractivity contribution in [2.45, 2.75) is 26.4 Å². The monoisotopic (exact) mass is 98.1 g/mol. The summed E-state index contributed by atoms with van der Waals surface area (Å²) in [5.41, 5.74) is 0. The standard InChI is InChI=1S/C4H10O.Na.H/c1-3-4(2)5;;/h4-5H,3H2,1-2H3;;. The molecule has 34 valence electrons. The third kappa shape index (κ3) is 8.88. The maximum absolute atomic E-state index is 8.36. The Morgan fingerprint density at radius 2 is 1.83 bits per heavy atom. The molecule has 1 nitrogen and oxygen atoms in total. The van der Waals surface area contributed by atoms with Gasteiger partial charge >= 0.3 is 29.6 Å². The molecule has 0 saturated carbocycles. The Balaban J connectivity index is 0. The number of aliphatic hydroxyl groups is 1. The molecule has 0 aliphatic rings. The molecule has 0 saturated heterocycles. The topological polar surface area (TPSA) is 20.2 Å². The van der Waals surface area contributed by atoms with Gasteiger partial charge in [0.25, 0.3) is 0 Å². The molecule has 0 aromatic heterocycles. The van der Waals surface area contributed by atoms with E-state index in [2.05, 4.69) is 0 Å². The summed E-state index contributed by atoms with van der Waals surface area (Å²) in [5, 5.41) is 8.36. The average Bonchev–Trinajstić information content (AvgIpc) is 1.38. The van der Waals surface area contributed by atoms with E-state index in [1.54, 1.807) is 6.92 Å². The second kappa shape index (κ2) is 5.96. The third-order valence-corrected chi connectivity index (χ3v) is 0.591. The van der Waals surface area contributed by atoms with Gasteiger partial charge in [0, 0.05) is 0 Å². The molecule has 0 heterocycles. The summed E-state index contributed by atoms with van der Waals surface area (Å²) < 4.78 is 0. The fourth-order valence-electron chi connectivity index (χ4n) is 0. The molecule has 0 fully saturated rings. The zero-order valence-corrected chi connectivity index (χ0v) is 3.73. The molecule has 0 aliphatic heterocycles. The van der Waals surface area contributed by atoms with E-state index in [1.807, 2.05) is 6.92 Å². The Morgan fingerprint density at radius 1 is 1.67 bits per heavy atom. The molecule has 0 aromatic rings. The number of rotatable bonds is 1. The molecule has 1 unspecified atom stereocenters. The minimum atomic E-state index is -0.116. The van der Waals surface area contributed by atoms with Gasteiger partial charge in [-0.15, -0.1) is 0 Å². The van der Waals surface area contributed by atoms with Gasteiger partial charge in [-0.25, -0.2) is 0 Å². The van der Waals surface area contributed by atoms with Crippen molar-refractivity contribution >= 4 is 29.6 Å². The van der Waals surface area contributed by atoms with E-state index in [9.17, 15) is 0 Å². The Hall–Kier alpha value is 0.960. The summed E-state index contributed by atoms with van der Waals surface area (Å²) in [4.78, 5) is 0. The van der Waals surface area contributed by atoms with Crippen LogP contribution in [0.15, 0.2) is 0 Å². The normalized spacial score (nSPS) is 12.5. The van der Waals surface area contributed by atoms with Crippen LogP contribution in [0, 0.1) is 0 Å². The molecule has 0 amide bonds. The van der Waals surface area contributed by atoms with E-state index in [0.717, 1.165) is 6.42 Å². The summed E-state index contributed by atoms with van der Waals surface area (Å²) in [6, 6.07) is 0. The van der Waals surface area contributed by atoms with Gasteiger partial charge in [-0.3, -0.25) is 0 Å². The van der Waals surface area contributed by atoms with Crippen LogP contribution < -0.4 is 0 Å². The maximum atomic E-state index is 8.36. The molecular weight excluding hydrogens is 87.0 g/mol. The first-order valence-corrected chi connectivity index (χ1v) is 1.95. The Bertz CT molecular complexity index is 21.5. The second-order valence-corrected chi connectivity index (χ2v) is 1.26. The number of hydrogen-bond acceptors (Lipinski definition) is 1. The first-order valence-electron chi connectivity index (χ1n) is 1.95. The Morgan fingerprint density at radius 3 is 1.83 bits per heavy atom. The van der Waals surface area contributed by atoms with Crippen molar-refractivity contribution in [1.82, 2.24) is 0 Å². The number of aliphatic hydroxyl groups excluding tert-OH is 1. The van der Waals surface area contributed by atoms with Crippen LogP contribution in [0.4, 0.5) is 0 Å². The first-order chi connectivity index (χ1) is 2.27. The van der Waals surface area contributed by atoms with Crippen molar-refractivity contribution in [2.75, 3.05) is 0 Å². The van der Waals surface area contributed by atoms with Gasteiger partial charge in [0.2, 0.25) is 0 Å². The predicted molar refractivity (Wildman–Crippen MR) is 29.1 cm³/mol. The molecule has 0 rings (SSSR count). The second-order valence-electron chi connectivity index (χ2n) is 1.26. The quantitative estimate of drug-likeness (QED) is 0.462. The summed E-state index contributed by atoms with van der Waals surface area (Å²) in [7, 11) is 0. The minimum absolute atomic E-state index is 0. The van der Waals surface area contributed by atoms with E-state index in [-0.39, 0.29) is 35.7 Å². The summed E-state index contributed by atoms with van der Waals surface area (Å²) >= 11 is 0. The van der Waals surface area contributed by atoms with Crippen molar-refractivity contribution in [3.63, 3.8) is 0 Å². The van der Waals surface area contributed by atoms with Crippen LogP contribution >= 0.6 is 0 Å². The van der Waals surface area contributed by atoms with Crippen molar-refractivity contribution in [3.05, 3.63) is 0 Å². The third-order valence-electron chi connectivity index (χ3n) is 0.591. The molecule has 1 N–H and O–H groups in total. The zero-order chi connectivity index (χ0) is 4.28. The molecule has 0 spiro atoms. The fourth-order valence-corrected chi connectivity index (χ4v) is 0. The van der Waals surface area contributed by atoms with Crippen molar-refractivity contribution in [3.8, 4) is 0 Å². The molecule has 0 bridgehead atoms. The van der Waals surface area contributed by atoms with E-state index in [1.165, 1.54) is 0 Å². The van der Waals surface area contributed by atoms with Gasteiger partial charge in [0.1, 0.15) is 0 Å². The predicted octanol–water partition coefficient (Wildman–Crippen LogP) is 0.129. The van der Waals surface area contributed by atoms with Crippen molar-refractivity contribution in [2.24, 2.45) is 0 Å². The molecule has 0 aliphatic carbocycles. The average molecular weight is 98.1 g/mol. The zero-order valence-electron chi connectivity index (χ0n) is 3.73. The van der Waals surface area contributed by atoms with Gasteiger partial charge in [0.15, 0.2) is 0 Å². The van der Waals surface area contributed by atoms with Crippen LogP contribution in [0.2, 0.25) is 0 Å². The summed E-state index contributed by atoms with van der Waals surface area (Å²) in [6.07, 6.45) is 0.745. The van der Waals surface area contributed by atoms with Crippen molar-refractivity contribution < 1.29 is 5.11 Å². The van der Waals surface area contributed by atoms with Gasteiger partial charge in [-0.1, -0.05) is 6.92 Å². The van der Waals surface area contributed by atoms with Crippen LogP contribution in [-0.2, 0) is 0 Å². The van der Waals surface area contributed by atoms with E-state index < -0.39 is 0 Å². The van der Waals surface area contributed by atoms with E-state index in [0.29, 0.717) is 0 Å². The van der Waals surface area contributed by atoms with Crippen LogP contribution in [0.3, 0.4) is 0 Å². The Labute approximate surface area is 61.0 Å². The first kappa shape index (κ1) is 10.0. The number of hydrogen-bond donors (Lipinski definition) is 1. The Kier molecular flexibility index (Phi) is 9.98. The van der Waals surface area contributed by atoms with Gasteiger partial charge in [-0.05, 0) is 13.3 Å². The van der Waals surface area contributed by atoms with Gasteiger partial charge in [-0.2, -0.15) is 0 Å². The summed E-state index contributed by atoms with van der Waals surface area (Å²) in [6.45, 7) is 3.73. The SMILES string of the molecule is CCC(C)O.[NaH]. The molecule has 0 aromatic carbocycles. The van der Waals surface area contributed by atoms with E-state index in [4.69, 9.17) is 5.11 Å². The van der Waals surface area contributed by atoms with Crippen LogP contribution in [-0.4, -0.2) is 40.8 Å². The van der Waals surface area contributed by atoms with Crippen molar-refractivity contribution in [1.29, 1.82) is 0 Å². The molecule has 0 radical (unpaired) electrons. The van der Waals surface area contributed by atoms with Crippen LogP contribution in [0.25, 0.3) is 0 Å². The van der Waals surface area contributed by atoms with Crippen LogP contribution in [0.1, 0.15) is 20.3 Å². The van der Waals surface area contributed by atoms with Crippen LogP contribution in [0.5, 0.6) is 0 Å². The fraction of sp³-hybridized carbons (Fsp3) is 1.00. The molecule has 2 heteroatoms. The summed E-state index contributed by atoms with van der Waals surface area (Å²) in [5.74, 6) is 0.